The maximum absolute atomic E-state index is 5.74. The fourth-order valence-corrected chi connectivity index (χ4v) is 2.73. The van der Waals surface area contributed by atoms with E-state index in [0.29, 0.717) is 5.19 Å². The van der Waals surface area contributed by atoms with Gasteiger partial charge in [0.1, 0.15) is 11.5 Å². The molecule has 0 N–H and O–H groups in total. The predicted octanol–water partition coefficient (Wildman–Crippen LogP) is 4.80. The fraction of sp³-hybridized carbons (Fsp3) is 0.357. The Kier molecular flexibility index (Phi) is 3.75. The van der Waals surface area contributed by atoms with Crippen LogP contribution < -0.4 is 9.47 Å². The number of hydrogen-bond donors (Lipinski definition) is 0. The average Bonchev–Trinajstić information content (AvgIpc) is 3.13. The van der Waals surface area contributed by atoms with Crippen molar-refractivity contribution in [3.63, 3.8) is 0 Å². The Bertz CT molecular complexity index is 581. The molecule has 0 aliphatic heterocycles. The molecule has 0 radical (unpaired) electrons. The van der Waals surface area contributed by atoms with Crippen LogP contribution in [0.5, 0.6) is 16.7 Å². The van der Waals surface area contributed by atoms with E-state index < -0.39 is 0 Å². The molecule has 19 heavy (non-hydrogen) atoms. The van der Waals surface area contributed by atoms with Crippen LogP contribution in [0.25, 0.3) is 0 Å². The zero-order valence-electron chi connectivity index (χ0n) is 10.6. The zero-order valence-corrected chi connectivity index (χ0v) is 13.0. The third-order valence-electron chi connectivity index (χ3n) is 2.98. The molecule has 3 nitrogen and oxygen atoms in total. The summed E-state index contributed by atoms with van der Waals surface area (Å²) in [5, 5.41) is 0.640. The number of halogens is 1. The van der Waals surface area contributed by atoms with Crippen LogP contribution in [-0.2, 0) is 0 Å². The van der Waals surface area contributed by atoms with E-state index in [1.165, 1.54) is 24.2 Å². The SMILES string of the molecule is Cc1cc(OCC2CC2)ccc1Oc1ncc(Br)s1. The number of rotatable bonds is 5. The summed E-state index contributed by atoms with van der Waals surface area (Å²) < 4.78 is 12.5. The maximum Gasteiger partial charge on any atom is 0.279 e. The highest BCUT2D eigenvalue weighted by Crippen LogP contribution is 2.33. The lowest BCUT2D eigenvalue weighted by Gasteiger charge is -2.09. The average molecular weight is 340 g/mol. The fourth-order valence-electron chi connectivity index (χ4n) is 1.71. The Morgan fingerprint density at radius 1 is 1.42 bits per heavy atom. The van der Waals surface area contributed by atoms with Gasteiger partial charge in [-0.2, -0.15) is 0 Å². The molecule has 1 aromatic heterocycles. The first-order valence-corrected chi connectivity index (χ1v) is 7.84. The van der Waals surface area contributed by atoms with E-state index in [4.69, 9.17) is 9.47 Å². The summed E-state index contributed by atoms with van der Waals surface area (Å²) in [7, 11) is 0. The molecule has 1 aliphatic rings. The summed E-state index contributed by atoms with van der Waals surface area (Å²) in [6.45, 7) is 2.85. The number of ether oxygens (including phenoxy) is 2. The van der Waals surface area contributed by atoms with Crippen molar-refractivity contribution in [1.29, 1.82) is 0 Å². The number of benzene rings is 1. The number of thiazole rings is 1. The van der Waals surface area contributed by atoms with Crippen molar-refractivity contribution in [3.05, 3.63) is 33.7 Å². The van der Waals surface area contributed by atoms with E-state index in [1.807, 2.05) is 25.1 Å². The van der Waals surface area contributed by atoms with Crippen molar-refractivity contribution < 1.29 is 9.47 Å². The van der Waals surface area contributed by atoms with Gasteiger partial charge in [0.25, 0.3) is 5.19 Å². The van der Waals surface area contributed by atoms with Gasteiger partial charge < -0.3 is 9.47 Å². The van der Waals surface area contributed by atoms with Crippen molar-refractivity contribution in [3.8, 4) is 16.7 Å². The molecule has 0 atom stereocenters. The summed E-state index contributed by atoms with van der Waals surface area (Å²) in [4.78, 5) is 4.16. The van der Waals surface area contributed by atoms with Crippen LogP contribution in [0.4, 0.5) is 0 Å². The third kappa shape index (κ3) is 3.48. The van der Waals surface area contributed by atoms with Crippen LogP contribution >= 0.6 is 27.3 Å². The Balaban J connectivity index is 1.67. The maximum atomic E-state index is 5.74. The number of hydrogen-bond acceptors (Lipinski definition) is 4. The number of aryl methyl sites for hydroxylation is 1. The van der Waals surface area contributed by atoms with Gasteiger partial charge in [-0.05, 0) is 65.4 Å². The van der Waals surface area contributed by atoms with E-state index in [1.54, 1.807) is 6.20 Å². The molecule has 0 unspecified atom stereocenters. The zero-order chi connectivity index (χ0) is 13.2. The van der Waals surface area contributed by atoms with Crippen molar-refractivity contribution in [1.82, 2.24) is 4.98 Å². The molecule has 2 aromatic rings. The molecule has 1 saturated carbocycles. The van der Waals surface area contributed by atoms with E-state index in [0.717, 1.165) is 33.4 Å². The minimum absolute atomic E-state index is 0.640. The van der Waals surface area contributed by atoms with Gasteiger partial charge in [-0.3, -0.25) is 0 Å². The second-order valence-electron chi connectivity index (χ2n) is 4.71. The normalized spacial score (nSPS) is 14.4. The molecule has 1 fully saturated rings. The Labute approximate surface area is 124 Å². The highest BCUT2D eigenvalue weighted by molar-refractivity contribution is 9.11. The second-order valence-corrected chi connectivity index (χ2v) is 7.09. The smallest absolute Gasteiger partial charge is 0.279 e. The number of nitrogens with zero attached hydrogens (tertiary/aromatic N) is 1. The Morgan fingerprint density at radius 2 is 2.26 bits per heavy atom. The Morgan fingerprint density at radius 3 is 2.89 bits per heavy atom. The molecule has 1 aromatic carbocycles. The molecule has 0 spiro atoms. The van der Waals surface area contributed by atoms with Crippen molar-refractivity contribution in [2.45, 2.75) is 19.8 Å². The van der Waals surface area contributed by atoms with Gasteiger partial charge in [-0.15, -0.1) is 0 Å². The van der Waals surface area contributed by atoms with Crippen LogP contribution in [0, 0.1) is 12.8 Å². The summed E-state index contributed by atoms with van der Waals surface area (Å²) in [6.07, 6.45) is 4.35. The first kappa shape index (κ1) is 12.9. The van der Waals surface area contributed by atoms with Crippen LogP contribution in [-0.4, -0.2) is 11.6 Å². The van der Waals surface area contributed by atoms with Crippen LogP contribution in [0.3, 0.4) is 0 Å². The molecule has 5 heteroatoms. The quantitative estimate of drug-likeness (QED) is 0.784. The minimum atomic E-state index is 0.640. The molecule has 0 saturated heterocycles. The largest absolute Gasteiger partial charge is 0.493 e. The highest BCUT2D eigenvalue weighted by atomic mass is 79.9. The standard InChI is InChI=1S/C14H14BrNO2S/c1-9-6-11(17-8-10-2-3-10)4-5-12(9)18-14-16-7-13(15)19-14/h4-7,10H,2-3,8H2,1H3. The van der Waals surface area contributed by atoms with Gasteiger partial charge in [0.2, 0.25) is 0 Å². The van der Waals surface area contributed by atoms with Crippen molar-refractivity contribution >= 4 is 27.3 Å². The van der Waals surface area contributed by atoms with Crippen LogP contribution in [0.2, 0.25) is 0 Å². The number of aromatic nitrogens is 1. The summed E-state index contributed by atoms with van der Waals surface area (Å²) in [6, 6.07) is 5.90. The first-order chi connectivity index (χ1) is 9.20. The molecule has 100 valence electrons. The predicted molar refractivity (Wildman–Crippen MR) is 79.3 cm³/mol. The molecule has 3 rings (SSSR count). The molecular formula is C14H14BrNO2S. The van der Waals surface area contributed by atoms with Gasteiger partial charge in [0.05, 0.1) is 16.6 Å². The van der Waals surface area contributed by atoms with E-state index in [-0.39, 0.29) is 0 Å². The first-order valence-electron chi connectivity index (χ1n) is 6.23. The van der Waals surface area contributed by atoms with Crippen LogP contribution in [0.15, 0.2) is 28.2 Å². The van der Waals surface area contributed by atoms with E-state index in [9.17, 15) is 0 Å². The lowest BCUT2D eigenvalue weighted by molar-refractivity contribution is 0.299. The lowest BCUT2D eigenvalue weighted by atomic mass is 10.2. The van der Waals surface area contributed by atoms with Crippen molar-refractivity contribution in [2.24, 2.45) is 5.92 Å². The molecule has 1 aliphatic carbocycles. The van der Waals surface area contributed by atoms with Gasteiger partial charge >= 0.3 is 0 Å². The van der Waals surface area contributed by atoms with E-state index >= 15 is 0 Å². The van der Waals surface area contributed by atoms with Crippen LogP contribution in [0.1, 0.15) is 18.4 Å². The molecule has 1 heterocycles. The topological polar surface area (TPSA) is 31.4 Å². The van der Waals surface area contributed by atoms with E-state index in [2.05, 4.69) is 20.9 Å². The van der Waals surface area contributed by atoms with Gasteiger partial charge in [-0.25, -0.2) is 4.98 Å². The Hall–Kier alpha value is -1.07. The molecule has 0 bridgehead atoms. The monoisotopic (exact) mass is 339 g/mol. The highest BCUT2D eigenvalue weighted by Gasteiger charge is 2.21. The summed E-state index contributed by atoms with van der Waals surface area (Å²) in [5.41, 5.74) is 1.06. The lowest BCUT2D eigenvalue weighted by Crippen LogP contribution is -1.99. The summed E-state index contributed by atoms with van der Waals surface area (Å²) in [5.74, 6) is 2.50. The van der Waals surface area contributed by atoms with Gasteiger partial charge in [0.15, 0.2) is 0 Å². The van der Waals surface area contributed by atoms with Gasteiger partial charge in [-0.1, -0.05) is 11.3 Å². The molecule has 0 amide bonds. The minimum Gasteiger partial charge on any atom is -0.493 e. The third-order valence-corrected chi connectivity index (χ3v) is 4.34. The molecular weight excluding hydrogens is 326 g/mol. The second kappa shape index (κ2) is 5.51. The van der Waals surface area contributed by atoms with Gasteiger partial charge in [0, 0.05) is 0 Å². The summed E-state index contributed by atoms with van der Waals surface area (Å²) >= 11 is 4.84. The van der Waals surface area contributed by atoms with Crippen molar-refractivity contribution in [2.75, 3.05) is 6.61 Å².